The fourth-order valence-electron chi connectivity index (χ4n) is 2.24. The molecule has 106 valence electrons. The predicted octanol–water partition coefficient (Wildman–Crippen LogP) is 2.86. The quantitative estimate of drug-likeness (QED) is 0.891. The van der Waals surface area contributed by atoms with Gasteiger partial charge in [-0.3, -0.25) is 0 Å². The van der Waals surface area contributed by atoms with Crippen LogP contribution in [0.1, 0.15) is 44.1 Å². The van der Waals surface area contributed by atoms with Gasteiger partial charge in [-0.2, -0.15) is 0 Å². The highest BCUT2D eigenvalue weighted by Gasteiger charge is 2.18. The van der Waals surface area contributed by atoms with Gasteiger partial charge in [0.25, 0.3) is 0 Å². The number of aromatic nitrogens is 2. The van der Waals surface area contributed by atoms with Gasteiger partial charge in [0.2, 0.25) is 0 Å². The van der Waals surface area contributed by atoms with Crippen LogP contribution in [0.2, 0.25) is 0 Å². The molecule has 19 heavy (non-hydrogen) atoms. The van der Waals surface area contributed by atoms with Gasteiger partial charge in [-0.05, 0) is 32.6 Å². The van der Waals surface area contributed by atoms with E-state index in [2.05, 4.69) is 15.3 Å². The molecule has 0 spiro atoms. The number of rotatable bonds is 5. The van der Waals surface area contributed by atoms with E-state index in [1.54, 1.807) is 6.92 Å². The first-order valence-corrected chi connectivity index (χ1v) is 7.09. The van der Waals surface area contributed by atoms with Crippen molar-refractivity contribution in [2.24, 2.45) is 0 Å². The maximum Gasteiger partial charge on any atom is 0.186 e. The van der Waals surface area contributed by atoms with Gasteiger partial charge in [-0.1, -0.05) is 6.92 Å². The SMILES string of the molecule is CCCNc1nc(CC2CCCCO2)nc(C)c1F. The van der Waals surface area contributed by atoms with E-state index in [1.165, 1.54) is 6.42 Å². The van der Waals surface area contributed by atoms with Crippen molar-refractivity contribution in [1.29, 1.82) is 0 Å². The summed E-state index contributed by atoms with van der Waals surface area (Å²) in [4.78, 5) is 8.52. The van der Waals surface area contributed by atoms with Gasteiger partial charge in [-0.25, -0.2) is 14.4 Å². The van der Waals surface area contributed by atoms with Crippen molar-refractivity contribution in [2.45, 2.75) is 52.1 Å². The maximum atomic E-state index is 13.9. The van der Waals surface area contributed by atoms with E-state index in [4.69, 9.17) is 4.74 Å². The molecule has 0 bridgehead atoms. The van der Waals surface area contributed by atoms with E-state index in [0.717, 1.165) is 25.9 Å². The highest BCUT2D eigenvalue weighted by molar-refractivity contribution is 5.38. The Labute approximate surface area is 113 Å². The Hall–Kier alpha value is -1.23. The summed E-state index contributed by atoms with van der Waals surface area (Å²) >= 11 is 0. The van der Waals surface area contributed by atoms with E-state index in [0.29, 0.717) is 30.3 Å². The molecule has 1 aromatic heterocycles. The van der Waals surface area contributed by atoms with Gasteiger partial charge in [0.05, 0.1) is 11.8 Å². The molecule has 0 aromatic carbocycles. The third-order valence-corrected chi connectivity index (χ3v) is 3.29. The van der Waals surface area contributed by atoms with Crippen LogP contribution in [0, 0.1) is 12.7 Å². The van der Waals surface area contributed by atoms with Gasteiger partial charge in [0.1, 0.15) is 5.82 Å². The molecule has 1 N–H and O–H groups in total. The van der Waals surface area contributed by atoms with Crippen molar-refractivity contribution in [2.75, 3.05) is 18.5 Å². The molecule has 2 rings (SSSR count). The van der Waals surface area contributed by atoms with E-state index in [1.807, 2.05) is 6.92 Å². The van der Waals surface area contributed by atoms with Crippen molar-refractivity contribution >= 4 is 5.82 Å². The normalized spacial score (nSPS) is 19.4. The van der Waals surface area contributed by atoms with Gasteiger partial charge in [0.15, 0.2) is 11.6 Å². The minimum atomic E-state index is -0.346. The fourth-order valence-corrected chi connectivity index (χ4v) is 2.24. The van der Waals surface area contributed by atoms with Crippen LogP contribution in [-0.2, 0) is 11.2 Å². The van der Waals surface area contributed by atoms with E-state index in [-0.39, 0.29) is 11.9 Å². The second-order valence-electron chi connectivity index (χ2n) is 5.01. The van der Waals surface area contributed by atoms with Crippen molar-refractivity contribution < 1.29 is 9.13 Å². The zero-order valence-electron chi connectivity index (χ0n) is 11.7. The minimum absolute atomic E-state index is 0.178. The number of anilines is 1. The average molecular weight is 267 g/mol. The number of nitrogens with zero attached hydrogens (tertiary/aromatic N) is 2. The molecule has 2 heterocycles. The summed E-state index contributed by atoms with van der Waals surface area (Å²) in [6.07, 6.45) is 5.13. The molecule has 0 aliphatic carbocycles. The topological polar surface area (TPSA) is 47.0 Å². The molecule has 1 atom stereocenters. The number of nitrogens with one attached hydrogen (secondary N) is 1. The molecule has 0 radical (unpaired) electrons. The summed E-state index contributed by atoms with van der Waals surface area (Å²) in [5.41, 5.74) is 0.402. The number of hydrogen-bond acceptors (Lipinski definition) is 4. The summed E-state index contributed by atoms with van der Waals surface area (Å²) in [5, 5.41) is 3.01. The lowest BCUT2D eigenvalue weighted by molar-refractivity contribution is 0.0156. The molecule has 1 fully saturated rings. The Kier molecular flexibility index (Phi) is 5.07. The molecular weight excluding hydrogens is 245 g/mol. The Balaban J connectivity index is 2.08. The highest BCUT2D eigenvalue weighted by Crippen LogP contribution is 2.19. The van der Waals surface area contributed by atoms with Crippen LogP contribution in [0.15, 0.2) is 0 Å². The molecule has 1 aliphatic heterocycles. The van der Waals surface area contributed by atoms with E-state index >= 15 is 0 Å². The van der Waals surface area contributed by atoms with Crippen molar-refractivity contribution in [3.63, 3.8) is 0 Å². The number of aryl methyl sites for hydroxylation is 1. The van der Waals surface area contributed by atoms with Crippen molar-refractivity contribution in [1.82, 2.24) is 9.97 Å². The number of ether oxygens (including phenoxy) is 1. The van der Waals surface area contributed by atoms with E-state index < -0.39 is 0 Å². The van der Waals surface area contributed by atoms with Crippen LogP contribution in [0.4, 0.5) is 10.2 Å². The largest absolute Gasteiger partial charge is 0.378 e. The highest BCUT2D eigenvalue weighted by atomic mass is 19.1. The summed E-state index contributed by atoms with van der Waals surface area (Å²) < 4.78 is 19.5. The molecule has 1 aliphatic rings. The first-order valence-electron chi connectivity index (χ1n) is 7.09. The zero-order chi connectivity index (χ0) is 13.7. The Morgan fingerprint density at radius 3 is 2.89 bits per heavy atom. The fraction of sp³-hybridized carbons (Fsp3) is 0.714. The smallest absolute Gasteiger partial charge is 0.186 e. The molecule has 4 nitrogen and oxygen atoms in total. The van der Waals surface area contributed by atoms with Gasteiger partial charge in [-0.15, -0.1) is 0 Å². The lowest BCUT2D eigenvalue weighted by Gasteiger charge is -2.22. The Morgan fingerprint density at radius 2 is 2.21 bits per heavy atom. The van der Waals surface area contributed by atoms with Gasteiger partial charge in [0, 0.05) is 19.6 Å². The summed E-state index contributed by atoms with van der Waals surface area (Å²) in [6, 6.07) is 0. The van der Waals surface area contributed by atoms with Gasteiger partial charge >= 0.3 is 0 Å². The summed E-state index contributed by atoms with van der Waals surface area (Å²) in [6.45, 7) is 5.24. The molecule has 1 unspecified atom stereocenters. The third kappa shape index (κ3) is 3.86. The predicted molar refractivity (Wildman–Crippen MR) is 72.8 cm³/mol. The zero-order valence-corrected chi connectivity index (χ0v) is 11.7. The Morgan fingerprint density at radius 1 is 1.37 bits per heavy atom. The maximum absolute atomic E-state index is 13.9. The lowest BCUT2D eigenvalue weighted by atomic mass is 10.1. The van der Waals surface area contributed by atoms with Crippen molar-refractivity contribution in [3.05, 3.63) is 17.3 Å². The lowest BCUT2D eigenvalue weighted by Crippen LogP contribution is -2.23. The van der Waals surface area contributed by atoms with Crippen LogP contribution in [-0.4, -0.2) is 29.2 Å². The average Bonchev–Trinajstić information content (AvgIpc) is 2.42. The second kappa shape index (κ2) is 6.80. The van der Waals surface area contributed by atoms with Crippen LogP contribution in [0.5, 0.6) is 0 Å². The molecule has 1 saturated heterocycles. The van der Waals surface area contributed by atoms with Gasteiger partial charge < -0.3 is 10.1 Å². The molecule has 0 amide bonds. The molecular formula is C14H22FN3O. The standard InChI is InChI=1S/C14H22FN3O/c1-3-7-16-14-13(15)10(2)17-12(18-14)9-11-6-4-5-8-19-11/h11H,3-9H2,1-2H3,(H,16,17,18). The van der Waals surface area contributed by atoms with Crippen LogP contribution in [0.25, 0.3) is 0 Å². The third-order valence-electron chi connectivity index (χ3n) is 3.29. The van der Waals surface area contributed by atoms with Crippen molar-refractivity contribution in [3.8, 4) is 0 Å². The summed E-state index contributed by atoms with van der Waals surface area (Å²) in [5.74, 6) is 0.645. The summed E-state index contributed by atoms with van der Waals surface area (Å²) in [7, 11) is 0. The second-order valence-corrected chi connectivity index (χ2v) is 5.01. The first-order chi connectivity index (χ1) is 9.20. The Bertz CT molecular complexity index is 419. The van der Waals surface area contributed by atoms with Crippen LogP contribution in [0.3, 0.4) is 0 Å². The number of halogens is 1. The first kappa shape index (κ1) is 14.2. The van der Waals surface area contributed by atoms with Crippen LogP contribution >= 0.6 is 0 Å². The monoisotopic (exact) mass is 267 g/mol. The van der Waals surface area contributed by atoms with Crippen LogP contribution < -0.4 is 5.32 Å². The number of hydrogen-bond donors (Lipinski definition) is 1. The molecule has 1 aromatic rings. The molecule has 0 saturated carbocycles. The molecule has 5 heteroatoms. The van der Waals surface area contributed by atoms with E-state index in [9.17, 15) is 4.39 Å². The minimum Gasteiger partial charge on any atom is -0.378 e.